The Hall–Kier alpha value is -1.15. The molecule has 2 unspecified atom stereocenters. The lowest BCUT2D eigenvalue weighted by atomic mass is 9.93. The summed E-state index contributed by atoms with van der Waals surface area (Å²) in [6.07, 6.45) is 12.9. The molecule has 0 fully saturated rings. The maximum atomic E-state index is 11.2. The number of nitrogens with one attached hydrogen (secondary N) is 1. The summed E-state index contributed by atoms with van der Waals surface area (Å²) in [5.41, 5.74) is 1.21. The molecule has 0 spiro atoms. The summed E-state index contributed by atoms with van der Waals surface area (Å²) in [4.78, 5) is 11.2. The monoisotopic (exact) mass is 219 g/mol. The molecule has 1 aliphatic rings. The van der Waals surface area contributed by atoms with Gasteiger partial charge in [-0.15, -0.1) is 0 Å². The summed E-state index contributed by atoms with van der Waals surface area (Å²) in [5.74, 6) is 0.793. The van der Waals surface area contributed by atoms with Gasteiger partial charge in [-0.2, -0.15) is 0 Å². The maximum absolute atomic E-state index is 11.2. The lowest BCUT2D eigenvalue weighted by Gasteiger charge is -2.13. The quantitative estimate of drug-likeness (QED) is 0.770. The highest BCUT2D eigenvalue weighted by atomic mass is 16.1. The topological polar surface area (TPSA) is 29.1 Å². The number of allylic oxidation sites excluding steroid dienone is 5. The first-order chi connectivity index (χ1) is 7.67. The van der Waals surface area contributed by atoms with Gasteiger partial charge >= 0.3 is 0 Å². The number of likely N-dealkylation sites (N-methyl/N-ethyl adjacent to an activating group) is 1. The molecule has 1 rings (SSSR count). The standard InChI is InChI=1S/C14H21NO/c1-4-12-6-5-7-13(10-12)8-9-14(15-3)11(2)16/h5,7-10,12,14-15H,4,6H2,1-3H3. The Labute approximate surface area is 98.1 Å². The molecule has 16 heavy (non-hydrogen) atoms. The van der Waals surface area contributed by atoms with Crippen molar-refractivity contribution in [1.82, 2.24) is 5.32 Å². The van der Waals surface area contributed by atoms with Gasteiger partial charge in [0.25, 0.3) is 0 Å². The molecule has 0 aromatic heterocycles. The second-order valence-electron chi connectivity index (χ2n) is 4.21. The van der Waals surface area contributed by atoms with E-state index < -0.39 is 0 Å². The molecule has 0 saturated heterocycles. The zero-order valence-electron chi connectivity index (χ0n) is 10.4. The van der Waals surface area contributed by atoms with Crippen LogP contribution in [0, 0.1) is 5.92 Å². The number of Topliss-reactive ketones (excluding diaryl/α,β-unsaturated/α-hetero) is 1. The van der Waals surface area contributed by atoms with Crippen LogP contribution in [0.5, 0.6) is 0 Å². The van der Waals surface area contributed by atoms with Crippen LogP contribution in [0.25, 0.3) is 0 Å². The van der Waals surface area contributed by atoms with Gasteiger partial charge in [-0.05, 0) is 38.3 Å². The molecule has 0 bridgehead atoms. The lowest BCUT2D eigenvalue weighted by molar-refractivity contribution is -0.117. The van der Waals surface area contributed by atoms with Gasteiger partial charge < -0.3 is 5.32 Å². The fourth-order valence-electron chi connectivity index (χ4n) is 1.81. The van der Waals surface area contributed by atoms with Crippen LogP contribution in [0.15, 0.2) is 36.0 Å². The Kier molecular flexibility index (Phi) is 5.20. The van der Waals surface area contributed by atoms with Crippen LogP contribution >= 0.6 is 0 Å². The molecule has 0 amide bonds. The molecule has 0 saturated carbocycles. The van der Waals surface area contributed by atoms with E-state index in [1.807, 2.05) is 12.2 Å². The largest absolute Gasteiger partial charge is 0.307 e. The SMILES string of the molecule is CCC1C=C(C=CC(NC)C(C)=O)C=CC1. The third-order valence-corrected chi connectivity index (χ3v) is 2.93. The molecule has 0 aromatic rings. The number of carbonyl (C=O) groups is 1. The Balaban J connectivity index is 2.65. The van der Waals surface area contributed by atoms with Gasteiger partial charge in [0.15, 0.2) is 5.78 Å². The van der Waals surface area contributed by atoms with Gasteiger partial charge in [0, 0.05) is 0 Å². The Morgan fingerprint density at radius 3 is 3.00 bits per heavy atom. The van der Waals surface area contributed by atoms with Crippen molar-refractivity contribution in [2.75, 3.05) is 7.05 Å². The van der Waals surface area contributed by atoms with E-state index >= 15 is 0 Å². The van der Waals surface area contributed by atoms with Crippen molar-refractivity contribution in [1.29, 1.82) is 0 Å². The molecular formula is C14H21NO. The Bertz CT molecular complexity index is 326. The van der Waals surface area contributed by atoms with Crippen molar-refractivity contribution < 1.29 is 4.79 Å². The van der Waals surface area contributed by atoms with Crippen molar-refractivity contribution in [2.24, 2.45) is 5.92 Å². The van der Waals surface area contributed by atoms with Crippen LogP contribution in [-0.2, 0) is 4.79 Å². The first-order valence-electron chi connectivity index (χ1n) is 5.91. The average Bonchev–Trinajstić information content (AvgIpc) is 2.29. The van der Waals surface area contributed by atoms with E-state index in [1.165, 1.54) is 12.0 Å². The molecule has 1 aliphatic carbocycles. The van der Waals surface area contributed by atoms with Crippen LogP contribution in [-0.4, -0.2) is 18.9 Å². The molecule has 0 aliphatic heterocycles. The average molecular weight is 219 g/mol. The second-order valence-corrected chi connectivity index (χ2v) is 4.21. The summed E-state index contributed by atoms with van der Waals surface area (Å²) in [7, 11) is 1.80. The van der Waals surface area contributed by atoms with Crippen molar-refractivity contribution in [3.05, 3.63) is 36.0 Å². The van der Waals surface area contributed by atoms with E-state index in [9.17, 15) is 4.79 Å². The first-order valence-corrected chi connectivity index (χ1v) is 5.91. The Morgan fingerprint density at radius 1 is 1.69 bits per heavy atom. The fraction of sp³-hybridized carbons (Fsp3) is 0.500. The van der Waals surface area contributed by atoms with Crippen molar-refractivity contribution >= 4 is 5.78 Å². The van der Waals surface area contributed by atoms with Crippen molar-refractivity contribution in [3.8, 4) is 0 Å². The normalized spacial score (nSPS) is 22.2. The van der Waals surface area contributed by atoms with E-state index in [4.69, 9.17) is 0 Å². The van der Waals surface area contributed by atoms with Crippen LogP contribution in [0.4, 0.5) is 0 Å². The molecule has 1 N–H and O–H groups in total. The summed E-state index contributed by atoms with van der Waals surface area (Å²) in [5, 5.41) is 2.98. The summed E-state index contributed by atoms with van der Waals surface area (Å²) >= 11 is 0. The number of carbonyl (C=O) groups excluding carboxylic acids is 1. The van der Waals surface area contributed by atoms with Crippen LogP contribution in [0.2, 0.25) is 0 Å². The second kappa shape index (κ2) is 6.44. The predicted molar refractivity (Wildman–Crippen MR) is 68.3 cm³/mol. The minimum absolute atomic E-state index is 0.145. The van der Waals surface area contributed by atoms with E-state index in [0.29, 0.717) is 5.92 Å². The smallest absolute Gasteiger partial charge is 0.150 e. The highest BCUT2D eigenvalue weighted by Gasteiger charge is 2.08. The minimum atomic E-state index is -0.170. The lowest BCUT2D eigenvalue weighted by Crippen LogP contribution is -2.29. The van der Waals surface area contributed by atoms with Gasteiger partial charge in [-0.25, -0.2) is 0 Å². The number of rotatable bonds is 5. The minimum Gasteiger partial charge on any atom is -0.307 e. The van der Waals surface area contributed by atoms with Crippen LogP contribution < -0.4 is 5.32 Å². The highest BCUT2D eigenvalue weighted by Crippen LogP contribution is 2.20. The molecule has 0 radical (unpaired) electrons. The van der Waals surface area contributed by atoms with Crippen LogP contribution in [0.1, 0.15) is 26.7 Å². The molecule has 88 valence electrons. The third-order valence-electron chi connectivity index (χ3n) is 2.93. The van der Waals surface area contributed by atoms with Gasteiger partial charge in [0.05, 0.1) is 6.04 Å². The predicted octanol–water partition coefficient (Wildman–Crippen LogP) is 2.63. The number of hydrogen-bond acceptors (Lipinski definition) is 2. The molecule has 2 atom stereocenters. The Morgan fingerprint density at radius 2 is 2.44 bits per heavy atom. The number of ketones is 1. The van der Waals surface area contributed by atoms with Crippen molar-refractivity contribution in [3.63, 3.8) is 0 Å². The fourth-order valence-corrected chi connectivity index (χ4v) is 1.81. The molecule has 2 nitrogen and oxygen atoms in total. The number of hydrogen-bond donors (Lipinski definition) is 1. The van der Waals surface area contributed by atoms with E-state index in [2.05, 4.69) is 30.5 Å². The van der Waals surface area contributed by atoms with Gasteiger partial charge in [-0.1, -0.05) is 37.3 Å². The van der Waals surface area contributed by atoms with Gasteiger partial charge in [0.2, 0.25) is 0 Å². The van der Waals surface area contributed by atoms with Gasteiger partial charge in [-0.3, -0.25) is 4.79 Å². The third kappa shape index (κ3) is 3.78. The summed E-state index contributed by atoms with van der Waals surface area (Å²) < 4.78 is 0. The zero-order chi connectivity index (χ0) is 12.0. The van der Waals surface area contributed by atoms with Crippen LogP contribution in [0.3, 0.4) is 0 Å². The van der Waals surface area contributed by atoms with E-state index in [-0.39, 0.29) is 11.8 Å². The summed E-state index contributed by atoms with van der Waals surface area (Å²) in [6, 6.07) is -0.170. The van der Waals surface area contributed by atoms with Gasteiger partial charge in [0.1, 0.15) is 0 Å². The van der Waals surface area contributed by atoms with E-state index in [1.54, 1.807) is 14.0 Å². The van der Waals surface area contributed by atoms with E-state index in [0.717, 1.165) is 6.42 Å². The molecular weight excluding hydrogens is 198 g/mol. The maximum Gasteiger partial charge on any atom is 0.150 e. The molecule has 2 heteroatoms. The molecule has 0 aromatic carbocycles. The molecule has 0 heterocycles. The highest BCUT2D eigenvalue weighted by molar-refractivity contribution is 5.83. The summed E-state index contributed by atoms with van der Waals surface area (Å²) in [6.45, 7) is 3.80. The zero-order valence-corrected chi connectivity index (χ0v) is 10.4. The first kappa shape index (κ1) is 12.9. The van der Waals surface area contributed by atoms with Crippen molar-refractivity contribution in [2.45, 2.75) is 32.7 Å².